The Morgan fingerprint density at radius 3 is 2.75 bits per heavy atom. The molecule has 0 saturated carbocycles. The first-order valence-electron chi connectivity index (χ1n) is 5.76. The molecule has 0 aliphatic heterocycles. The minimum Gasteiger partial charge on any atom is -0.619 e. The van der Waals surface area contributed by atoms with Crippen LogP contribution in [-0.4, -0.2) is 11.1 Å². The highest BCUT2D eigenvalue weighted by Gasteiger charge is 2.21. The lowest BCUT2D eigenvalue weighted by molar-refractivity contribution is -0.603. The number of carbonyl (C=O) groups excluding carboxylic acids is 1. The molecular weight excluding hydrogens is 278 g/mol. The molecule has 20 heavy (non-hydrogen) atoms. The fourth-order valence-electron chi connectivity index (χ4n) is 1.79. The van der Waals surface area contributed by atoms with E-state index >= 15 is 0 Å². The van der Waals surface area contributed by atoms with Gasteiger partial charge in [0.25, 0.3) is 0 Å². The van der Waals surface area contributed by atoms with Gasteiger partial charge in [-0.2, -0.15) is 4.73 Å². The monoisotopic (exact) mass is 287 g/mol. The second kappa shape index (κ2) is 4.82. The Hall–Kier alpha value is -2.60. The van der Waals surface area contributed by atoms with Crippen LogP contribution < -0.4 is 9.47 Å². The molecule has 0 aliphatic carbocycles. The lowest BCUT2D eigenvalue weighted by atomic mass is 10.3. The van der Waals surface area contributed by atoms with Gasteiger partial charge >= 0.3 is 5.97 Å². The number of benzene rings is 1. The van der Waals surface area contributed by atoms with E-state index in [-0.39, 0.29) is 10.6 Å². The number of para-hydroxylation sites is 1. The summed E-state index contributed by atoms with van der Waals surface area (Å²) in [5, 5.41) is 21.6. The molecule has 1 aromatic carbocycles. The molecule has 3 rings (SSSR count). The lowest BCUT2D eigenvalue weighted by Crippen LogP contribution is -2.23. The van der Waals surface area contributed by atoms with Gasteiger partial charge in [-0.15, -0.1) is 11.3 Å². The number of aromatic hydroxyl groups is 1. The summed E-state index contributed by atoms with van der Waals surface area (Å²) >= 11 is 1.08. The number of esters is 1. The molecule has 0 amide bonds. The molecule has 6 heteroatoms. The van der Waals surface area contributed by atoms with Gasteiger partial charge in [-0.05, 0) is 12.1 Å². The van der Waals surface area contributed by atoms with Gasteiger partial charge in [-0.3, -0.25) is 0 Å². The van der Waals surface area contributed by atoms with Crippen molar-refractivity contribution in [3.63, 3.8) is 0 Å². The number of rotatable bonds is 2. The largest absolute Gasteiger partial charge is 0.619 e. The summed E-state index contributed by atoms with van der Waals surface area (Å²) in [5.41, 5.74) is 0. The van der Waals surface area contributed by atoms with Gasteiger partial charge < -0.3 is 15.1 Å². The lowest BCUT2D eigenvalue weighted by Gasteiger charge is -2.02. The summed E-state index contributed by atoms with van der Waals surface area (Å²) in [6, 6.07) is 10.1. The van der Waals surface area contributed by atoms with E-state index in [1.54, 1.807) is 36.4 Å². The zero-order valence-corrected chi connectivity index (χ0v) is 11.0. The van der Waals surface area contributed by atoms with Crippen LogP contribution in [-0.2, 0) is 0 Å². The fourth-order valence-corrected chi connectivity index (χ4v) is 2.73. The van der Waals surface area contributed by atoms with Crippen LogP contribution in [0.1, 0.15) is 9.67 Å². The predicted molar refractivity (Wildman–Crippen MR) is 73.9 cm³/mol. The van der Waals surface area contributed by atoms with Gasteiger partial charge in [0, 0.05) is 6.07 Å². The topological polar surface area (TPSA) is 73.5 Å². The van der Waals surface area contributed by atoms with E-state index in [1.165, 1.54) is 12.4 Å². The molecule has 0 bridgehead atoms. The van der Waals surface area contributed by atoms with Crippen molar-refractivity contribution in [3.05, 3.63) is 58.9 Å². The van der Waals surface area contributed by atoms with E-state index in [0.29, 0.717) is 20.6 Å². The molecule has 0 saturated heterocycles. The average Bonchev–Trinajstić information content (AvgIpc) is 2.77. The van der Waals surface area contributed by atoms with Gasteiger partial charge in [-0.25, -0.2) is 4.79 Å². The third-order valence-corrected chi connectivity index (χ3v) is 3.86. The normalized spacial score (nSPS) is 10.6. The molecule has 3 aromatic rings. The highest BCUT2D eigenvalue weighted by atomic mass is 32.1. The number of hydrogen-bond acceptors (Lipinski definition) is 5. The molecule has 0 aliphatic rings. The molecule has 0 fully saturated rings. The van der Waals surface area contributed by atoms with Crippen LogP contribution >= 0.6 is 11.3 Å². The number of thiophene rings is 1. The van der Waals surface area contributed by atoms with Crippen LogP contribution in [0.25, 0.3) is 10.1 Å². The number of hydrogen-bond donors (Lipinski definition) is 1. The molecule has 1 N–H and O–H groups in total. The molecule has 0 unspecified atom stereocenters. The van der Waals surface area contributed by atoms with Crippen molar-refractivity contribution in [1.29, 1.82) is 0 Å². The molecule has 0 spiro atoms. The first-order valence-corrected chi connectivity index (χ1v) is 6.58. The first-order chi connectivity index (χ1) is 9.65. The van der Waals surface area contributed by atoms with Gasteiger partial charge in [-0.1, -0.05) is 18.2 Å². The minimum atomic E-state index is -0.646. The van der Waals surface area contributed by atoms with Crippen molar-refractivity contribution in [2.24, 2.45) is 0 Å². The number of pyridine rings is 1. The Morgan fingerprint density at radius 2 is 2.00 bits per heavy atom. The summed E-state index contributed by atoms with van der Waals surface area (Å²) in [6.45, 7) is 0. The van der Waals surface area contributed by atoms with Crippen LogP contribution in [0, 0.1) is 5.21 Å². The number of nitrogens with zero attached hydrogens (tertiary/aromatic N) is 1. The van der Waals surface area contributed by atoms with Crippen molar-refractivity contribution in [3.8, 4) is 11.5 Å². The van der Waals surface area contributed by atoms with Crippen LogP contribution in [0.5, 0.6) is 11.5 Å². The summed E-state index contributed by atoms with van der Waals surface area (Å²) in [5.74, 6) is -0.475. The number of fused-ring (bicyclic) bond motifs is 1. The molecule has 5 nitrogen and oxygen atoms in total. The van der Waals surface area contributed by atoms with Gasteiger partial charge in [0.1, 0.15) is 11.1 Å². The quantitative estimate of drug-likeness (QED) is 0.340. The molecule has 100 valence electrons. The van der Waals surface area contributed by atoms with Crippen LogP contribution in [0.15, 0.2) is 48.8 Å². The molecule has 2 heterocycles. The Balaban J connectivity index is 1.98. The van der Waals surface area contributed by atoms with E-state index < -0.39 is 5.97 Å². The molecule has 0 atom stereocenters. The Morgan fingerprint density at radius 1 is 1.25 bits per heavy atom. The fraction of sp³-hybridized carbons (Fsp3) is 0. The third kappa shape index (κ3) is 2.17. The molecule has 2 aromatic heterocycles. The standard InChI is InChI=1S/C14H9NO4S/c16-12-10-8-15(18)7-6-11(10)20-13(12)14(17)19-9-4-2-1-3-5-9/h1-8,16H. The van der Waals surface area contributed by atoms with Gasteiger partial charge in [0.15, 0.2) is 23.0 Å². The van der Waals surface area contributed by atoms with Crippen molar-refractivity contribution < 1.29 is 19.4 Å². The highest BCUT2D eigenvalue weighted by Crippen LogP contribution is 2.36. The predicted octanol–water partition coefficient (Wildman–Crippen LogP) is 2.46. The van der Waals surface area contributed by atoms with E-state index in [0.717, 1.165) is 11.3 Å². The van der Waals surface area contributed by atoms with Gasteiger partial charge in [0.05, 0.1) is 4.70 Å². The SMILES string of the molecule is O=C(Oc1ccccc1)c1sc2cc[n+]([O-])cc2c1O. The van der Waals surface area contributed by atoms with E-state index in [9.17, 15) is 15.1 Å². The molecule has 0 radical (unpaired) electrons. The summed E-state index contributed by atoms with van der Waals surface area (Å²) in [4.78, 5) is 12.1. The first kappa shape index (κ1) is 12.4. The van der Waals surface area contributed by atoms with Crippen molar-refractivity contribution in [2.45, 2.75) is 0 Å². The van der Waals surface area contributed by atoms with Crippen LogP contribution in [0.2, 0.25) is 0 Å². The maximum atomic E-state index is 12.0. The third-order valence-electron chi connectivity index (χ3n) is 2.72. The number of carbonyl (C=O) groups is 1. The smallest absolute Gasteiger partial charge is 0.357 e. The maximum absolute atomic E-state index is 12.0. The summed E-state index contributed by atoms with van der Waals surface area (Å²) in [6.07, 6.45) is 2.53. The van der Waals surface area contributed by atoms with Crippen molar-refractivity contribution >= 4 is 27.4 Å². The van der Waals surface area contributed by atoms with Crippen molar-refractivity contribution in [2.75, 3.05) is 0 Å². The summed E-state index contributed by atoms with van der Waals surface area (Å²) < 4.78 is 6.39. The van der Waals surface area contributed by atoms with Gasteiger partial charge in [0.2, 0.25) is 0 Å². The zero-order valence-electron chi connectivity index (χ0n) is 10.1. The van der Waals surface area contributed by atoms with Crippen LogP contribution in [0.3, 0.4) is 0 Å². The zero-order chi connectivity index (χ0) is 14.1. The minimum absolute atomic E-state index is 0.0788. The van der Waals surface area contributed by atoms with E-state index in [2.05, 4.69) is 0 Å². The Bertz CT molecular complexity index is 782. The second-order valence-electron chi connectivity index (χ2n) is 4.07. The number of ether oxygens (including phenoxy) is 1. The van der Waals surface area contributed by atoms with Crippen molar-refractivity contribution in [1.82, 2.24) is 0 Å². The number of aromatic nitrogens is 1. The maximum Gasteiger partial charge on any atom is 0.357 e. The second-order valence-corrected chi connectivity index (χ2v) is 5.12. The molecular formula is C14H9NO4S. The Labute approximate surface area is 117 Å². The average molecular weight is 287 g/mol. The summed E-state index contributed by atoms with van der Waals surface area (Å²) in [7, 11) is 0. The highest BCUT2D eigenvalue weighted by molar-refractivity contribution is 7.21. The van der Waals surface area contributed by atoms with E-state index in [1.807, 2.05) is 0 Å². The Kier molecular flexibility index (Phi) is 3.00. The van der Waals surface area contributed by atoms with Crippen LogP contribution in [0.4, 0.5) is 0 Å². The van der Waals surface area contributed by atoms with E-state index in [4.69, 9.17) is 4.74 Å².